The molecule has 4 heterocycles. The summed E-state index contributed by atoms with van der Waals surface area (Å²) in [5, 5.41) is 10.3. The molecule has 0 aliphatic heterocycles. The van der Waals surface area contributed by atoms with Gasteiger partial charge in [0.25, 0.3) is 0 Å². The maximum absolute atomic E-state index is 2.50. The van der Waals surface area contributed by atoms with Gasteiger partial charge >= 0.3 is 0 Å². The first kappa shape index (κ1) is 32.1. The van der Waals surface area contributed by atoms with Gasteiger partial charge < -0.3 is 9.13 Å². The van der Waals surface area contributed by atoms with Crippen molar-refractivity contribution in [3.63, 3.8) is 0 Å². The first-order valence-corrected chi connectivity index (χ1v) is 21.4. The lowest BCUT2D eigenvalue weighted by Gasteiger charge is -2.11. The first-order chi connectivity index (χ1) is 28.8. The predicted octanol–water partition coefficient (Wildman–Crippen LogP) is 16.0. The van der Waals surface area contributed by atoms with E-state index in [1.165, 1.54) is 118 Å². The van der Waals surface area contributed by atoms with Gasteiger partial charge in [0.15, 0.2) is 0 Å². The molecule has 0 spiro atoms. The second-order valence-corrected chi connectivity index (χ2v) is 17.3. The van der Waals surface area contributed by atoms with Crippen LogP contribution in [0.25, 0.3) is 118 Å². The molecule has 2 nitrogen and oxygen atoms in total. The molecule has 0 saturated carbocycles. The molecule has 0 bridgehead atoms. The summed E-state index contributed by atoms with van der Waals surface area (Å²) < 4.78 is 10.2. The van der Waals surface area contributed by atoms with E-state index in [1.54, 1.807) is 0 Å². The maximum atomic E-state index is 2.50. The Hall–Kier alpha value is -6.98. The number of nitrogens with zero attached hydrogens (tertiary/aromatic N) is 2. The number of aromatic nitrogens is 2. The Morgan fingerprint density at radius 2 is 0.776 bits per heavy atom. The molecule has 0 fully saturated rings. The van der Waals surface area contributed by atoms with Crippen molar-refractivity contribution in [1.82, 2.24) is 9.13 Å². The van der Waals surface area contributed by atoms with Gasteiger partial charge in [-0.2, -0.15) is 0 Å². The van der Waals surface area contributed by atoms with E-state index in [2.05, 4.69) is 203 Å². The van der Waals surface area contributed by atoms with E-state index in [0.29, 0.717) is 0 Å². The van der Waals surface area contributed by atoms with Crippen molar-refractivity contribution in [1.29, 1.82) is 0 Å². The molecule has 0 amide bonds. The average molecular weight is 773 g/mol. The van der Waals surface area contributed by atoms with Crippen LogP contribution in [0.15, 0.2) is 194 Å². The highest BCUT2D eigenvalue weighted by Gasteiger charge is 2.21. The van der Waals surface area contributed by atoms with Gasteiger partial charge in [0.1, 0.15) is 0 Å². The summed E-state index contributed by atoms with van der Waals surface area (Å²) in [4.78, 5) is 0. The second-order valence-electron chi connectivity index (χ2n) is 15.2. The van der Waals surface area contributed by atoms with Crippen LogP contribution in [0, 0.1) is 0 Å². The van der Waals surface area contributed by atoms with Crippen LogP contribution in [0.1, 0.15) is 0 Å². The van der Waals surface area contributed by atoms with Gasteiger partial charge in [0.05, 0.1) is 42.8 Å². The van der Waals surface area contributed by atoms with Gasteiger partial charge in [-0.1, -0.05) is 133 Å². The SMILES string of the molecule is c1ccc(-c2cccc3c2c2cc(-c4ccc5c(c4)c4ccccc4n5-c4cccc5c4sc4ccccc45)ccc2n3-c2cccc3c2sc2ccccc23)cc1. The summed E-state index contributed by atoms with van der Waals surface area (Å²) in [6, 6.07) is 71.8. The Morgan fingerprint density at radius 1 is 0.293 bits per heavy atom. The van der Waals surface area contributed by atoms with Crippen LogP contribution in [0.5, 0.6) is 0 Å². The molecule has 58 heavy (non-hydrogen) atoms. The number of benzene rings is 9. The fraction of sp³-hybridized carbons (Fsp3) is 0. The molecular formula is C54H32N2S2. The van der Waals surface area contributed by atoms with Crippen LogP contribution in [0.4, 0.5) is 0 Å². The topological polar surface area (TPSA) is 9.86 Å². The Bertz CT molecular complexity index is 3800. The zero-order valence-electron chi connectivity index (χ0n) is 31.2. The van der Waals surface area contributed by atoms with Crippen LogP contribution in [-0.2, 0) is 0 Å². The average Bonchev–Trinajstić information content (AvgIpc) is 4.04. The van der Waals surface area contributed by atoms with E-state index in [4.69, 9.17) is 0 Å². The standard InChI is InChI=1S/C54H32N2S2/c1-2-13-33(14-3-1)36-18-10-22-47-52(36)43-32-35(28-30-46(43)56(47)49-24-12-20-41-39-17-6-9-26-51(39)58-54(41)49)34-27-29-45-42(31-34)37-15-4-7-21-44(37)55(45)48-23-11-19-40-38-16-5-8-25-50(38)57-53(40)48/h1-32H. The van der Waals surface area contributed by atoms with Crippen molar-refractivity contribution in [3.8, 4) is 33.6 Å². The first-order valence-electron chi connectivity index (χ1n) is 19.8. The zero-order chi connectivity index (χ0) is 37.9. The van der Waals surface area contributed by atoms with Crippen LogP contribution in [0.3, 0.4) is 0 Å². The number of hydrogen-bond acceptors (Lipinski definition) is 2. The van der Waals surface area contributed by atoms with Gasteiger partial charge in [-0.25, -0.2) is 0 Å². The molecule has 0 radical (unpaired) electrons. The minimum absolute atomic E-state index is 1.21. The van der Waals surface area contributed by atoms with Crippen molar-refractivity contribution < 1.29 is 0 Å². The van der Waals surface area contributed by atoms with Crippen molar-refractivity contribution in [2.24, 2.45) is 0 Å². The van der Waals surface area contributed by atoms with Gasteiger partial charge in [-0.05, 0) is 82.9 Å². The van der Waals surface area contributed by atoms with Crippen LogP contribution >= 0.6 is 22.7 Å². The van der Waals surface area contributed by atoms with Gasteiger partial charge in [-0.3, -0.25) is 0 Å². The summed E-state index contributed by atoms with van der Waals surface area (Å²) >= 11 is 3.77. The quantitative estimate of drug-likeness (QED) is 0.169. The molecule has 4 aromatic heterocycles. The number of thiophene rings is 2. The molecule has 270 valence electrons. The summed E-state index contributed by atoms with van der Waals surface area (Å²) in [6.45, 7) is 0. The van der Waals surface area contributed by atoms with Crippen molar-refractivity contribution >= 4 is 107 Å². The van der Waals surface area contributed by atoms with Crippen LogP contribution in [-0.4, -0.2) is 9.13 Å². The summed E-state index contributed by atoms with van der Waals surface area (Å²) in [7, 11) is 0. The molecule has 13 rings (SSSR count). The molecule has 0 saturated heterocycles. The third-order valence-corrected chi connectivity index (χ3v) is 14.5. The summed E-state index contributed by atoms with van der Waals surface area (Å²) in [5.41, 5.74) is 12.2. The Kier molecular flexibility index (Phi) is 6.79. The molecule has 0 aliphatic rings. The lowest BCUT2D eigenvalue weighted by Crippen LogP contribution is -1.94. The molecule has 0 atom stereocenters. The third kappa shape index (κ3) is 4.53. The monoisotopic (exact) mass is 772 g/mol. The van der Waals surface area contributed by atoms with Crippen molar-refractivity contribution in [2.45, 2.75) is 0 Å². The van der Waals surface area contributed by atoms with Crippen LogP contribution < -0.4 is 0 Å². The highest BCUT2D eigenvalue weighted by Crippen LogP contribution is 2.45. The van der Waals surface area contributed by atoms with Gasteiger partial charge in [0.2, 0.25) is 0 Å². The lowest BCUT2D eigenvalue weighted by molar-refractivity contribution is 1.20. The van der Waals surface area contributed by atoms with E-state index in [9.17, 15) is 0 Å². The van der Waals surface area contributed by atoms with Crippen molar-refractivity contribution in [3.05, 3.63) is 194 Å². The van der Waals surface area contributed by atoms with E-state index in [0.717, 1.165) is 0 Å². The molecule has 0 aliphatic carbocycles. The molecule has 9 aromatic carbocycles. The van der Waals surface area contributed by atoms with Crippen LogP contribution in [0.2, 0.25) is 0 Å². The second kappa shape index (κ2) is 12.3. The fourth-order valence-corrected chi connectivity index (χ4v) is 12.0. The summed E-state index contributed by atoms with van der Waals surface area (Å²) in [6.07, 6.45) is 0. The number of hydrogen-bond donors (Lipinski definition) is 0. The zero-order valence-corrected chi connectivity index (χ0v) is 32.8. The van der Waals surface area contributed by atoms with Crippen molar-refractivity contribution in [2.75, 3.05) is 0 Å². The highest BCUT2D eigenvalue weighted by molar-refractivity contribution is 7.26. The third-order valence-electron chi connectivity index (χ3n) is 12.1. The molecule has 0 N–H and O–H groups in total. The van der Waals surface area contributed by atoms with Gasteiger partial charge in [-0.15, -0.1) is 22.7 Å². The normalized spacial score (nSPS) is 12.1. The Morgan fingerprint density at radius 3 is 1.45 bits per heavy atom. The van der Waals surface area contributed by atoms with Gasteiger partial charge in [0, 0.05) is 52.5 Å². The number of fused-ring (bicyclic) bond motifs is 12. The smallest absolute Gasteiger partial charge is 0.0640 e. The molecule has 13 aromatic rings. The molecule has 4 heteroatoms. The minimum atomic E-state index is 1.21. The molecule has 0 unspecified atom stereocenters. The van der Waals surface area contributed by atoms with E-state index >= 15 is 0 Å². The Balaban J connectivity index is 1.06. The predicted molar refractivity (Wildman–Crippen MR) is 252 cm³/mol. The van der Waals surface area contributed by atoms with E-state index in [1.807, 2.05) is 22.7 Å². The molecular weight excluding hydrogens is 741 g/mol. The van der Waals surface area contributed by atoms with E-state index in [-0.39, 0.29) is 0 Å². The minimum Gasteiger partial charge on any atom is -0.308 e. The largest absolute Gasteiger partial charge is 0.308 e. The fourth-order valence-electron chi connectivity index (χ4n) is 9.60. The summed E-state index contributed by atoms with van der Waals surface area (Å²) in [5.74, 6) is 0. The maximum Gasteiger partial charge on any atom is 0.0640 e. The number of rotatable bonds is 4. The van der Waals surface area contributed by atoms with E-state index < -0.39 is 0 Å². The lowest BCUT2D eigenvalue weighted by atomic mass is 9.97. The Labute approximate surface area is 341 Å². The number of para-hydroxylation sites is 1. The highest BCUT2D eigenvalue weighted by atomic mass is 32.1.